The van der Waals surface area contributed by atoms with Gasteiger partial charge >= 0.3 is 0 Å². The summed E-state index contributed by atoms with van der Waals surface area (Å²) < 4.78 is 7.66. The average Bonchev–Trinajstić information content (AvgIpc) is 3.11. The van der Waals surface area contributed by atoms with Crippen molar-refractivity contribution in [3.05, 3.63) is 54.0 Å². The lowest BCUT2D eigenvalue weighted by molar-refractivity contribution is 0.0736. The Labute approximate surface area is 162 Å². The maximum atomic E-state index is 13.2. The number of para-hydroxylation sites is 1. The van der Waals surface area contributed by atoms with Gasteiger partial charge < -0.3 is 14.5 Å². The largest absolute Gasteiger partial charge is 0.488 e. The molecule has 142 valence electrons. The van der Waals surface area contributed by atoms with Crippen LogP contribution in [-0.2, 0) is 13.7 Å². The van der Waals surface area contributed by atoms with E-state index in [2.05, 4.69) is 20.0 Å². The van der Waals surface area contributed by atoms with Crippen LogP contribution in [0.5, 0.6) is 5.75 Å². The van der Waals surface area contributed by atoms with Crippen molar-refractivity contribution < 1.29 is 9.53 Å². The van der Waals surface area contributed by atoms with Crippen LogP contribution in [0.3, 0.4) is 0 Å². The van der Waals surface area contributed by atoms with E-state index in [9.17, 15) is 4.79 Å². The first-order valence-electron chi connectivity index (χ1n) is 9.31. The first-order chi connectivity index (χ1) is 13.7. The van der Waals surface area contributed by atoms with Crippen molar-refractivity contribution in [2.45, 2.75) is 6.61 Å². The van der Waals surface area contributed by atoms with Crippen molar-refractivity contribution >= 4 is 11.9 Å². The minimum atomic E-state index is -0.0477. The fourth-order valence-corrected chi connectivity index (χ4v) is 3.87. The molecule has 2 aliphatic heterocycles. The van der Waals surface area contributed by atoms with Crippen molar-refractivity contribution in [3.63, 3.8) is 0 Å². The summed E-state index contributed by atoms with van der Waals surface area (Å²) in [5.41, 5.74) is 3.28. The van der Waals surface area contributed by atoms with Crippen molar-refractivity contribution in [2.24, 2.45) is 7.05 Å². The molecule has 0 bridgehead atoms. The Kier molecular flexibility index (Phi) is 3.96. The minimum Gasteiger partial charge on any atom is -0.488 e. The summed E-state index contributed by atoms with van der Waals surface area (Å²) in [6, 6.07) is 9.66. The lowest BCUT2D eigenvalue weighted by Crippen LogP contribution is -2.49. The van der Waals surface area contributed by atoms with Crippen molar-refractivity contribution in [3.8, 4) is 17.0 Å². The van der Waals surface area contributed by atoms with Gasteiger partial charge in [0.05, 0.1) is 5.69 Å². The summed E-state index contributed by atoms with van der Waals surface area (Å²) >= 11 is 0. The summed E-state index contributed by atoms with van der Waals surface area (Å²) in [5.74, 6) is 1.48. The Morgan fingerprint density at radius 2 is 1.79 bits per heavy atom. The van der Waals surface area contributed by atoms with Gasteiger partial charge in [-0.25, -0.2) is 9.97 Å². The Balaban J connectivity index is 1.38. The molecule has 1 fully saturated rings. The molecule has 2 aliphatic rings. The van der Waals surface area contributed by atoms with Gasteiger partial charge in [-0.3, -0.25) is 9.48 Å². The number of piperazine rings is 1. The number of fused-ring (bicyclic) bond motifs is 3. The molecule has 28 heavy (non-hydrogen) atoms. The van der Waals surface area contributed by atoms with Crippen LogP contribution in [-0.4, -0.2) is 56.7 Å². The lowest BCUT2D eigenvalue weighted by Gasteiger charge is -2.34. The minimum absolute atomic E-state index is 0.0477. The molecule has 0 radical (unpaired) electrons. The zero-order chi connectivity index (χ0) is 19.1. The normalized spacial score (nSPS) is 15.6. The molecule has 1 amide bonds. The number of aromatic nitrogens is 4. The Hall–Kier alpha value is -3.42. The smallest absolute Gasteiger partial charge is 0.274 e. The molecule has 3 aromatic rings. The quantitative estimate of drug-likeness (QED) is 0.678. The molecule has 8 heteroatoms. The van der Waals surface area contributed by atoms with E-state index in [0.29, 0.717) is 44.4 Å². The van der Waals surface area contributed by atoms with E-state index in [1.807, 2.05) is 36.2 Å². The Bertz CT molecular complexity index is 1020. The highest BCUT2D eigenvalue weighted by atomic mass is 16.5. The van der Waals surface area contributed by atoms with Gasteiger partial charge in [-0.05, 0) is 18.2 Å². The SMILES string of the molecule is Cn1nc(C(=O)N2CCN(c3ncccn3)CC2)c2c1-c1ccccc1OC2. The summed E-state index contributed by atoms with van der Waals surface area (Å²) in [4.78, 5) is 25.7. The number of nitrogens with zero attached hydrogens (tertiary/aromatic N) is 6. The number of rotatable bonds is 2. The molecule has 1 aromatic carbocycles. The Morgan fingerprint density at radius 3 is 2.57 bits per heavy atom. The molecule has 8 nitrogen and oxygen atoms in total. The molecule has 0 aliphatic carbocycles. The van der Waals surface area contributed by atoms with Crippen LogP contribution >= 0.6 is 0 Å². The third kappa shape index (κ3) is 2.69. The Morgan fingerprint density at radius 1 is 1.04 bits per heavy atom. The van der Waals surface area contributed by atoms with Crippen molar-refractivity contribution in [2.75, 3.05) is 31.1 Å². The number of carbonyl (C=O) groups excluding carboxylic acids is 1. The molecule has 2 aromatic heterocycles. The molecular formula is C20H20N6O2. The first-order valence-corrected chi connectivity index (χ1v) is 9.31. The molecular weight excluding hydrogens is 356 g/mol. The first kappa shape index (κ1) is 16.7. The monoisotopic (exact) mass is 376 g/mol. The maximum absolute atomic E-state index is 13.2. The lowest BCUT2D eigenvalue weighted by atomic mass is 10.0. The van der Waals surface area contributed by atoms with Gasteiger partial charge in [0, 0.05) is 56.7 Å². The summed E-state index contributed by atoms with van der Waals surface area (Å²) in [5, 5.41) is 4.55. The van der Waals surface area contributed by atoms with E-state index in [-0.39, 0.29) is 5.91 Å². The third-order valence-electron chi connectivity index (χ3n) is 5.26. The second kappa shape index (κ2) is 6.63. The predicted octanol–water partition coefficient (Wildman–Crippen LogP) is 1.73. The zero-order valence-corrected chi connectivity index (χ0v) is 15.6. The highest BCUT2D eigenvalue weighted by molar-refractivity contribution is 5.96. The van der Waals surface area contributed by atoms with E-state index in [0.717, 1.165) is 22.6 Å². The fraction of sp³-hybridized carbons (Fsp3) is 0.300. The van der Waals surface area contributed by atoms with Crippen LogP contribution in [0.1, 0.15) is 16.1 Å². The van der Waals surface area contributed by atoms with Gasteiger partial charge in [-0.1, -0.05) is 12.1 Å². The maximum Gasteiger partial charge on any atom is 0.274 e. The zero-order valence-electron chi connectivity index (χ0n) is 15.6. The van der Waals surface area contributed by atoms with Gasteiger partial charge in [0.1, 0.15) is 12.4 Å². The highest BCUT2D eigenvalue weighted by Gasteiger charge is 2.32. The van der Waals surface area contributed by atoms with E-state index < -0.39 is 0 Å². The number of carbonyl (C=O) groups is 1. The van der Waals surface area contributed by atoms with Crippen LogP contribution < -0.4 is 9.64 Å². The number of amides is 1. The number of hydrogen-bond acceptors (Lipinski definition) is 6. The van der Waals surface area contributed by atoms with E-state index in [1.54, 1.807) is 23.1 Å². The van der Waals surface area contributed by atoms with Crippen LogP contribution in [0.4, 0.5) is 5.95 Å². The molecule has 1 saturated heterocycles. The summed E-state index contributed by atoms with van der Waals surface area (Å²) in [7, 11) is 1.88. The van der Waals surface area contributed by atoms with Gasteiger partial charge in [0.2, 0.25) is 5.95 Å². The number of aryl methyl sites for hydroxylation is 1. The van der Waals surface area contributed by atoms with Crippen LogP contribution in [0.15, 0.2) is 42.7 Å². The van der Waals surface area contributed by atoms with Crippen LogP contribution in [0.25, 0.3) is 11.3 Å². The van der Waals surface area contributed by atoms with Gasteiger partial charge in [-0.2, -0.15) is 5.10 Å². The number of benzene rings is 1. The number of anilines is 1. The van der Waals surface area contributed by atoms with Gasteiger partial charge in [-0.15, -0.1) is 0 Å². The van der Waals surface area contributed by atoms with Crippen LogP contribution in [0.2, 0.25) is 0 Å². The molecule has 0 spiro atoms. The van der Waals surface area contributed by atoms with Gasteiger partial charge in [0.15, 0.2) is 5.69 Å². The molecule has 0 unspecified atom stereocenters. The topological polar surface area (TPSA) is 76.4 Å². The molecule has 5 rings (SSSR count). The molecule has 0 N–H and O–H groups in total. The second-order valence-corrected chi connectivity index (χ2v) is 6.91. The van der Waals surface area contributed by atoms with Crippen LogP contribution in [0, 0.1) is 0 Å². The number of ether oxygens (including phenoxy) is 1. The van der Waals surface area contributed by atoms with E-state index >= 15 is 0 Å². The fourth-order valence-electron chi connectivity index (χ4n) is 3.87. The summed E-state index contributed by atoms with van der Waals surface area (Å²) in [6.45, 7) is 2.98. The predicted molar refractivity (Wildman–Crippen MR) is 103 cm³/mol. The number of hydrogen-bond donors (Lipinski definition) is 0. The molecule has 4 heterocycles. The highest BCUT2D eigenvalue weighted by Crippen LogP contribution is 2.38. The van der Waals surface area contributed by atoms with Gasteiger partial charge in [0.25, 0.3) is 5.91 Å². The van der Waals surface area contributed by atoms with Crippen molar-refractivity contribution in [1.29, 1.82) is 0 Å². The van der Waals surface area contributed by atoms with E-state index in [4.69, 9.17) is 4.74 Å². The third-order valence-corrected chi connectivity index (χ3v) is 5.26. The summed E-state index contributed by atoms with van der Waals surface area (Å²) in [6.07, 6.45) is 3.47. The van der Waals surface area contributed by atoms with E-state index in [1.165, 1.54) is 0 Å². The molecule has 0 saturated carbocycles. The molecule has 0 atom stereocenters. The average molecular weight is 376 g/mol. The van der Waals surface area contributed by atoms with Crippen molar-refractivity contribution in [1.82, 2.24) is 24.6 Å². The second-order valence-electron chi connectivity index (χ2n) is 6.91. The standard InChI is InChI=1S/C20H20N6O2/c1-24-18-14-5-2-3-6-16(14)28-13-15(18)17(23-24)19(27)25-9-11-26(12-10-25)20-21-7-4-8-22-20/h2-8H,9-13H2,1H3.